The number of benzene rings is 1. The number of nitrogens with zero attached hydrogens (tertiary/aromatic N) is 1. The summed E-state index contributed by atoms with van der Waals surface area (Å²) in [6, 6.07) is 9.87. The minimum absolute atomic E-state index is 0.506. The van der Waals surface area contributed by atoms with Gasteiger partial charge in [-0.1, -0.05) is 31.5 Å². The average molecular weight is 298 g/mol. The lowest BCUT2D eigenvalue weighted by molar-refractivity contribution is 0.581. The molecule has 0 amide bonds. The molecule has 0 saturated heterocycles. The summed E-state index contributed by atoms with van der Waals surface area (Å²) in [5.74, 6) is 0. The summed E-state index contributed by atoms with van der Waals surface area (Å²) in [4.78, 5) is 0. The predicted molar refractivity (Wildman–Crippen MR) is 82.1 cm³/mol. The van der Waals surface area contributed by atoms with E-state index in [1.54, 1.807) is 0 Å². The molecule has 0 fully saturated rings. The number of hydrogen-bond donors (Lipinski definition) is 1. The molecule has 1 aromatic carbocycles. The van der Waals surface area contributed by atoms with E-state index in [4.69, 9.17) is 0 Å². The lowest BCUT2D eigenvalue weighted by Gasteiger charge is -2.21. The van der Waals surface area contributed by atoms with Gasteiger partial charge in [0.2, 0.25) is 0 Å². The summed E-state index contributed by atoms with van der Waals surface area (Å²) in [6.07, 6.45) is 1.80. The number of hydrogen-bond acceptors (Lipinski definition) is 3. The van der Waals surface area contributed by atoms with E-state index < -0.39 is 10.2 Å². The number of nitrogens with one attached hydrogen (secondary N) is 1. The fraction of sp³-hybridized carbons (Fsp3) is 0.385. The Balaban J connectivity index is 2.42. The first-order valence-corrected chi connectivity index (χ1v) is 8.54. The van der Waals surface area contributed by atoms with Crippen molar-refractivity contribution in [1.82, 2.24) is 4.72 Å². The summed E-state index contributed by atoms with van der Waals surface area (Å²) >= 11 is 1.50. The Morgan fingerprint density at radius 3 is 2.68 bits per heavy atom. The molecule has 0 aliphatic heterocycles. The van der Waals surface area contributed by atoms with Crippen LogP contribution < -0.4 is 9.03 Å². The standard InChI is InChI=1S/C13H18N2O2S2/c1-3-4-9-15(19(16,17)14-2)13-10-11-7-5-6-8-12(11)18-13/h5-8,10,14H,3-4,9H2,1-2H3. The van der Waals surface area contributed by atoms with Gasteiger partial charge < -0.3 is 0 Å². The molecule has 1 heterocycles. The molecule has 19 heavy (non-hydrogen) atoms. The van der Waals surface area contributed by atoms with E-state index in [9.17, 15) is 8.42 Å². The molecule has 0 saturated carbocycles. The second-order valence-electron chi connectivity index (χ2n) is 4.26. The van der Waals surface area contributed by atoms with Crippen LogP contribution in [0.1, 0.15) is 19.8 Å². The van der Waals surface area contributed by atoms with E-state index in [0.29, 0.717) is 6.54 Å². The lowest BCUT2D eigenvalue weighted by Crippen LogP contribution is -2.39. The van der Waals surface area contributed by atoms with Gasteiger partial charge in [-0.2, -0.15) is 8.42 Å². The highest BCUT2D eigenvalue weighted by molar-refractivity contribution is 7.91. The number of anilines is 1. The van der Waals surface area contributed by atoms with Crippen LogP contribution in [0.4, 0.5) is 5.00 Å². The molecule has 0 bridgehead atoms. The highest BCUT2D eigenvalue weighted by atomic mass is 32.2. The van der Waals surface area contributed by atoms with Gasteiger partial charge in [0.1, 0.15) is 5.00 Å². The molecule has 6 heteroatoms. The third-order valence-corrected chi connectivity index (χ3v) is 5.65. The second kappa shape index (κ2) is 5.90. The van der Waals surface area contributed by atoms with Gasteiger partial charge in [-0.3, -0.25) is 0 Å². The Morgan fingerprint density at radius 2 is 2.05 bits per heavy atom. The van der Waals surface area contributed by atoms with Gasteiger partial charge in [0, 0.05) is 18.3 Å². The van der Waals surface area contributed by atoms with E-state index in [0.717, 1.165) is 27.9 Å². The monoisotopic (exact) mass is 298 g/mol. The Bertz CT molecular complexity index is 616. The minimum atomic E-state index is -3.44. The SMILES string of the molecule is CCCCN(c1cc2ccccc2s1)S(=O)(=O)NC. The van der Waals surface area contributed by atoms with Crippen LogP contribution in [0.2, 0.25) is 0 Å². The summed E-state index contributed by atoms with van der Waals surface area (Å²) in [5.41, 5.74) is 0. The first-order valence-electron chi connectivity index (χ1n) is 6.28. The van der Waals surface area contributed by atoms with Gasteiger partial charge in [0.15, 0.2) is 0 Å². The number of rotatable bonds is 6. The highest BCUT2D eigenvalue weighted by Crippen LogP contribution is 2.33. The Kier molecular flexibility index (Phi) is 4.44. The maximum Gasteiger partial charge on any atom is 0.301 e. The van der Waals surface area contributed by atoms with Gasteiger partial charge >= 0.3 is 10.2 Å². The van der Waals surface area contributed by atoms with E-state index in [1.807, 2.05) is 30.3 Å². The largest absolute Gasteiger partial charge is 0.301 e. The fourth-order valence-electron chi connectivity index (χ4n) is 1.85. The van der Waals surface area contributed by atoms with Crippen molar-refractivity contribution in [3.8, 4) is 0 Å². The highest BCUT2D eigenvalue weighted by Gasteiger charge is 2.21. The van der Waals surface area contributed by atoms with Crippen molar-refractivity contribution in [3.63, 3.8) is 0 Å². The van der Waals surface area contributed by atoms with E-state index in [-0.39, 0.29) is 0 Å². The van der Waals surface area contributed by atoms with Gasteiger partial charge in [0.05, 0.1) is 0 Å². The fourth-order valence-corrected chi connectivity index (χ4v) is 4.13. The molecule has 0 spiro atoms. The molecular weight excluding hydrogens is 280 g/mol. The minimum Gasteiger partial charge on any atom is -0.249 e. The Labute approximate surface area is 118 Å². The topological polar surface area (TPSA) is 49.4 Å². The van der Waals surface area contributed by atoms with Crippen LogP contribution in [-0.2, 0) is 10.2 Å². The van der Waals surface area contributed by atoms with Crippen molar-refractivity contribution in [1.29, 1.82) is 0 Å². The molecule has 0 unspecified atom stereocenters. The molecule has 1 aromatic heterocycles. The zero-order valence-electron chi connectivity index (χ0n) is 11.1. The Morgan fingerprint density at radius 1 is 1.32 bits per heavy atom. The number of fused-ring (bicyclic) bond motifs is 1. The molecule has 2 rings (SSSR count). The third-order valence-electron chi connectivity index (χ3n) is 2.92. The van der Waals surface area contributed by atoms with Crippen LogP contribution >= 0.6 is 11.3 Å². The van der Waals surface area contributed by atoms with Crippen molar-refractivity contribution >= 4 is 36.6 Å². The van der Waals surface area contributed by atoms with Gasteiger partial charge in [-0.25, -0.2) is 9.03 Å². The molecular formula is C13H18N2O2S2. The zero-order valence-corrected chi connectivity index (χ0v) is 12.7. The van der Waals surface area contributed by atoms with Crippen molar-refractivity contribution in [2.45, 2.75) is 19.8 Å². The van der Waals surface area contributed by atoms with E-state index >= 15 is 0 Å². The van der Waals surface area contributed by atoms with E-state index in [2.05, 4.69) is 11.6 Å². The van der Waals surface area contributed by atoms with Gasteiger partial charge in [0.25, 0.3) is 0 Å². The first-order chi connectivity index (χ1) is 9.08. The van der Waals surface area contributed by atoms with Gasteiger partial charge in [-0.05, 0) is 23.9 Å². The summed E-state index contributed by atoms with van der Waals surface area (Å²) in [6.45, 7) is 2.56. The molecule has 104 valence electrons. The number of thiophene rings is 1. The smallest absolute Gasteiger partial charge is 0.249 e. The molecule has 2 aromatic rings. The molecule has 4 nitrogen and oxygen atoms in total. The van der Waals surface area contributed by atoms with Crippen molar-refractivity contribution in [2.75, 3.05) is 17.9 Å². The molecule has 0 aliphatic carbocycles. The normalized spacial score (nSPS) is 11.9. The van der Waals surface area contributed by atoms with Crippen LogP contribution in [0.3, 0.4) is 0 Å². The molecule has 0 aliphatic rings. The quantitative estimate of drug-likeness (QED) is 0.891. The maximum atomic E-state index is 12.1. The average Bonchev–Trinajstić information content (AvgIpc) is 2.82. The lowest BCUT2D eigenvalue weighted by atomic mass is 10.3. The van der Waals surface area contributed by atoms with Crippen LogP contribution in [-0.4, -0.2) is 22.0 Å². The van der Waals surface area contributed by atoms with E-state index in [1.165, 1.54) is 22.7 Å². The summed E-state index contributed by atoms with van der Waals surface area (Å²) in [7, 11) is -1.99. The zero-order chi connectivity index (χ0) is 13.9. The molecule has 1 N–H and O–H groups in total. The summed E-state index contributed by atoms with van der Waals surface area (Å²) in [5, 5.41) is 1.85. The van der Waals surface area contributed by atoms with Crippen LogP contribution in [0, 0.1) is 0 Å². The van der Waals surface area contributed by atoms with Crippen molar-refractivity contribution < 1.29 is 8.42 Å². The van der Waals surface area contributed by atoms with Gasteiger partial charge in [-0.15, -0.1) is 11.3 Å². The predicted octanol–water partition coefficient (Wildman–Crippen LogP) is 2.97. The van der Waals surface area contributed by atoms with Crippen LogP contribution in [0.25, 0.3) is 10.1 Å². The Hall–Kier alpha value is -1.11. The molecule has 0 atom stereocenters. The van der Waals surface area contributed by atoms with Crippen LogP contribution in [0.5, 0.6) is 0 Å². The maximum absolute atomic E-state index is 12.1. The molecule has 0 radical (unpaired) electrons. The summed E-state index contributed by atoms with van der Waals surface area (Å²) < 4.78 is 29.2. The third kappa shape index (κ3) is 3.08. The van der Waals surface area contributed by atoms with Crippen LogP contribution in [0.15, 0.2) is 30.3 Å². The second-order valence-corrected chi connectivity index (χ2v) is 7.12. The number of unbranched alkanes of at least 4 members (excludes halogenated alkanes) is 1. The van der Waals surface area contributed by atoms with Crippen molar-refractivity contribution in [3.05, 3.63) is 30.3 Å². The van der Waals surface area contributed by atoms with Crippen molar-refractivity contribution in [2.24, 2.45) is 0 Å². The first kappa shape index (κ1) is 14.3.